The third-order valence-electron chi connectivity index (χ3n) is 18.2. The second-order valence-electron chi connectivity index (χ2n) is 24.2. The van der Waals surface area contributed by atoms with E-state index in [0.717, 1.165) is 78.7 Å². The van der Waals surface area contributed by atoms with Crippen LogP contribution in [0.15, 0.2) is 85.8 Å². The molecule has 12 N–H and O–H groups in total. The average Bonchev–Trinajstić information content (AvgIpc) is 2.22. The van der Waals surface area contributed by atoms with E-state index >= 15 is 0 Å². The van der Waals surface area contributed by atoms with Crippen molar-refractivity contribution in [2.24, 2.45) is 46.6 Å². The average molecular weight is 1210 g/mol. The van der Waals surface area contributed by atoms with Crippen LogP contribution in [0.25, 0.3) is 22.1 Å². The number of likely N-dealkylation sites (tertiary alicyclic amines) is 1. The molecule has 3 aliphatic carbocycles. The van der Waals surface area contributed by atoms with Crippen LogP contribution in [0.5, 0.6) is 0 Å². The first kappa shape index (κ1) is 63.2. The highest BCUT2D eigenvalue weighted by Crippen LogP contribution is 2.35. The Morgan fingerprint density at radius 2 is 0.932 bits per heavy atom. The number of anilines is 4. The number of nitrogens with two attached hydrogens (primary N) is 4. The van der Waals surface area contributed by atoms with Gasteiger partial charge in [-0.2, -0.15) is 20.4 Å². The van der Waals surface area contributed by atoms with Gasteiger partial charge in [-0.3, -0.25) is 34.1 Å². The van der Waals surface area contributed by atoms with Crippen molar-refractivity contribution in [3.05, 3.63) is 124 Å². The molecule has 8 atom stereocenters. The molecular weight excluding hydrogens is 1120 g/mol. The first-order valence-electron chi connectivity index (χ1n) is 30.8. The van der Waals surface area contributed by atoms with E-state index in [1.807, 2.05) is 72.1 Å². The molecule has 9 heterocycles. The zero-order valence-electron chi connectivity index (χ0n) is 51.2. The Morgan fingerprint density at radius 1 is 0.534 bits per heavy atom. The summed E-state index contributed by atoms with van der Waals surface area (Å²) in [6.07, 6.45) is 26.6. The second-order valence-corrected chi connectivity index (χ2v) is 24.2. The Bertz CT molecular complexity index is 3830. The molecule has 25 heteroatoms. The normalized spacial score (nSPS) is 21.8. The molecule has 0 radical (unpaired) electrons. The molecule has 1 aliphatic heterocycles. The minimum absolute atomic E-state index is 0.0634. The van der Waals surface area contributed by atoms with Gasteiger partial charge >= 0.3 is 0 Å². The highest BCUT2D eigenvalue weighted by molar-refractivity contribution is 6.04. The van der Waals surface area contributed by atoms with E-state index in [9.17, 15) is 34.1 Å². The zero-order chi connectivity index (χ0) is 62.9. The van der Waals surface area contributed by atoms with Crippen molar-refractivity contribution in [1.29, 1.82) is 0 Å². The Morgan fingerprint density at radius 3 is 1.36 bits per heavy atom. The fraction of sp³-hybridized carbons (Fsp3) is 0.476. The summed E-state index contributed by atoms with van der Waals surface area (Å²) in [7, 11) is 0. The molecule has 88 heavy (non-hydrogen) atoms. The molecule has 1 saturated heterocycles. The molecular formula is C63H84N18O7. The number of carbonyl (C=O) groups excluding carboxylic acids is 5. The Labute approximate surface area is 510 Å². The molecule has 8 unspecified atom stereocenters. The quantitative estimate of drug-likeness (QED) is 0.0372. The summed E-state index contributed by atoms with van der Waals surface area (Å²) in [5, 5.41) is 41.7. The molecule has 0 aromatic carbocycles. The van der Waals surface area contributed by atoms with Crippen LogP contribution in [-0.4, -0.2) is 115 Å². The molecule has 468 valence electrons. The number of hydrogen-bond acceptors (Lipinski definition) is 15. The van der Waals surface area contributed by atoms with E-state index in [2.05, 4.69) is 69.4 Å². The third kappa shape index (κ3) is 14.2. The molecule has 25 nitrogen and oxygen atoms in total. The van der Waals surface area contributed by atoms with Gasteiger partial charge in [0.05, 0.1) is 96.8 Å². The van der Waals surface area contributed by atoms with E-state index in [1.54, 1.807) is 21.4 Å². The summed E-state index contributed by atoms with van der Waals surface area (Å²) in [5.74, 6) is 0.218. The lowest BCUT2D eigenvalue weighted by Gasteiger charge is -2.38. The molecule has 0 bridgehead atoms. The Hall–Kier alpha value is -9.29. The number of primary amides is 4. The van der Waals surface area contributed by atoms with Crippen LogP contribution in [0.4, 0.5) is 28.4 Å². The molecule has 4 aliphatic rings. The minimum Gasteiger partial charge on any atom is -0.380 e. The first-order chi connectivity index (χ1) is 42.2. The summed E-state index contributed by atoms with van der Waals surface area (Å²) < 4.78 is 6.72. The van der Waals surface area contributed by atoms with E-state index in [1.165, 1.54) is 74.1 Å². The molecule has 0 spiro atoms. The predicted octanol–water partition coefficient (Wildman–Crippen LogP) is 8.98. The summed E-state index contributed by atoms with van der Waals surface area (Å²) in [6.45, 7) is 14.1. The number of hydrogen-bond donors (Lipinski definition) is 8. The largest absolute Gasteiger partial charge is 0.380 e. The number of piperidine rings is 1. The van der Waals surface area contributed by atoms with Gasteiger partial charge in [0, 0.05) is 67.8 Å². The maximum atomic E-state index is 12.0. The van der Waals surface area contributed by atoms with Crippen LogP contribution >= 0.6 is 0 Å². The van der Waals surface area contributed by atoms with Crippen LogP contribution in [-0.2, 0) is 4.79 Å². The van der Waals surface area contributed by atoms with Crippen molar-refractivity contribution < 1.29 is 28.9 Å². The van der Waals surface area contributed by atoms with Crippen molar-refractivity contribution in [3.8, 4) is 0 Å². The Kier molecular flexibility index (Phi) is 20.1. The van der Waals surface area contributed by atoms with E-state index in [4.69, 9.17) is 22.9 Å². The third-order valence-corrected chi connectivity index (χ3v) is 18.2. The molecule has 8 aromatic rings. The summed E-state index contributed by atoms with van der Waals surface area (Å²) >= 11 is 0. The van der Waals surface area contributed by atoms with Crippen molar-refractivity contribution in [3.63, 3.8) is 0 Å². The Balaban J connectivity index is 0.000000140. The summed E-state index contributed by atoms with van der Waals surface area (Å²) in [6, 6.07) is 14.1. The van der Waals surface area contributed by atoms with Gasteiger partial charge < -0.3 is 49.1 Å². The highest BCUT2D eigenvalue weighted by Gasteiger charge is 2.31. The van der Waals surface area contributed by atoms with Crippen LogP contribution in [0, 0.1) is 40.7 Å². The van der Waals surface area contributed by atoms with Gasteiger partial charge in [-0.25, -0.2) is 18.1 Å². The smallest absolute Gasteiger partial charge is 0.289 e. The molecule has 3 saturated carbocycles. The maximum Gasteiger partial charge on any atom is 0.289 e. The highest BCUT2D eigenvalue weighted by atomic mass is 16.6. The number of fused-ring (bicyclic) bond motifs is 4. The number of amides is 5. The molecule has 12 rings (SSSR count). The predicted molar refractivity (Wildman–Crippen MR) is 339 cm³/mol. The second kappa shape index (κ2) is 28.0. The van der Waals surface area contributed by atoms with Crippen molar-refractivity contribution >= 4 is 80.0 Å². The van der Waals surface area contributed by atoms with Gasteiger partial charge in [0.2, 0.25) is 5.91 Å². The van der Waals surface area contributed by atoms with Crippen LogP contribution in [0.2, 0.25) is 0 Å². The van der Waals surface area contributed by atoms with Crippen molar-refractivity contribution in [2.45, 2.75) is 156 Å². The topological polar surface area (TPSA) is 353 Å². The SMILES string of the molecule is CC1CCCCC1Nc1c(C(N)=O)cnn2cc([N+](=O)[O-])cc12.CC1CCCCC1Nc1c(C(N)=O)cnn2cccc12.CCC(=O)N1CCC(C)C(Nc2c(C(N)=O)cnn3cccc23)C1.Cc1ccc2c(NC3CCCCC3C)c(C(N)=O)cnn12. The molecule has 8 aromatic heterocycles. The maximum absolute atomic E-state index is 12.0. The van der Waals surface area contributed by atoms with Crippen molar-refractivity contribution in [1.82, 2.24) is 43.4 Å². The number of nitrogens with zero attached hydrogens (tertiary/aromatic N) is 10. The summed E-state index contributed by atoms with van der Waals surface area (Å²) in [4.78, 5) is 71.3. The van der Waals surface area contributed by atoms with Crippen molar-refractivity contribution in [2.75, 3.05) is 34.4 Å². The molecule has 5 amide bonds. The zero-order valence-corrected chi connectivity index (χ0v) is 51.2. The number of nitrogens with one attached hydrogen (secondary N) is 4. The molecule has 4 fully saturated rings. The van der Waals surface area contributed by atoms with Gasteiger partial charge in [-0.15, -0.1) is 0 Å². The standard InChI is InChI=1S/C17H23N5O2.C16H22N4O.C15H19N5O3.C15H20N4O/c1-3-15(23)21-8-6-11(2)13(10-21)20-16-12(17(18)24)9-19-22-7-4-5-14(16)22;1-10-5-3-4-6-13(10)19-15-12(16(17)21)9-18-20-11(2)7-8-14(15)20;1-9-4-2-3-5-12(9)18-14-11(15(16)21)7-17-19-8-10(20(22)23)6-13(14)19;1-10-5-2-3-6-12(10)18-14-11(15(16)20)9-17-19-8-4-7-13(14)19/h4-5,7,9,11,13,20H,3,6,8,10H2,1-2H3,(H2,18,24);7-10,13,19H,3-6H2,1-2H3,(H2,17,21);6-9,12,18H,2-5H2,1H3,(H2,16,21);4,7-10,12,18H,2-3,5-6H2,1H3,(H2,16,20). The van der Waals surface area contributed by atoms with Gasteiger partial charge in [0.1, 0.15) is 6.20 Å². The van der Waals surface area contributed by atoms with Gasteiger partial charge in [0.25, 0.3) is 29.3 Å². The van der Waals surface area contributed by atoms with Crippen LogP contribution < -0.4 is 44.2 Å². The van der Waals surface area contributed by atoms with Gasteiger partial charge in [0.15, 0.2) is 0 Å². The van der Waals surface area contributed by atoms with Gasteiger partial charge in [-0.1, -0.05) is 73.1 Å². The fourth-order valence-corrected chi connectivity index (χ4v) is 12.7. The number of nitro groups is 1. The summed E-state index contributed by atoms with van der Waals surface area (Å²) in [5.41, 5.74) is 30.5. The lowest BCUT2D eigenvalue weighted by atomic mass is 9.85. The lowest BCUT2D eigenvalue weighted by molar-refractivity contribution is -0.384. The lowest BCUT2D eigenvalue weighted by Crippen LogP contribution is -2.49. The first-order valence-corrected chi connectivity index (χ1v) is 30.8. The minimum atomic E-state index is -0.602. The monoisotopic (exact) mass is 1200 g/mol. The van der Waals surface area contributed by atoms with Crippen LogP contribution in [0.3, 0.4) is 0 Å². The van der Waals surface area contributed by atoms with E-state index in [0.29, 0.717) is 82.3 Å². The number of aryl methyl sites for hydroxylation is 1. The van der Waals surface area contributed by atoms with E-state index in [-0.39, 0.29) is 29.2 Å². The van der Waals surface area contributed by atoms with Gasteiger partial charge in [-0.05, 0) is 112 Å². The number of rotatable bonds is 14. The number of carbonyl (C=O) groups is 5. The number of aromatic nitrogens is 8. The fourth-order valence-electron chi connectivity index (χ4n) is 12.7. The van der Waals surface area contributed by atoms with Crippen LogP contribution in [0.1, 0.15) is 172 Å². The van der Waals surface area contributed by atoms with E-state index < -0.39 is 28.6 Å².